The van der Waals surface area contributed by atoms with E-state index in [4.69, 9.17) is 0 Å². The van der Waals surface area contributed by atoms with Gasteiger partial charge < -0.3 is 5.11 Å². The summed E-state index contributed by atoms with van der Waals surface area (Å²) < 4.78 is 0. The lowest BCUT2D eigenvalue weighted by atomic mass is 9.74. The molecule has 6 unspecified atom stereocenters. The van der Waals surface area contributed by atoms with Crippen LogP contribution < -0.4 is 0 Å². The molecule has 1 saturated heterocycles. The predicted molar refractivity (Wildman–Crippen MR) is 84.5 cm³/mol. The molecule has 1 saturated carbocycles. The van der Waals surface area contributed by atoms with Crippen LogP contribution in [-0.2, 0) is 0 Å². The highest BCUT2D eigenvalue weighted by molar-refractivity contribution is 8.07. The van der Waals surface area contributed by atoms with Crippen molar-refractivity contribution in [3.63, 3.8) is 0 Å². The van der Waals surface area contributed by atoms with Gasteiger partial charge >= 0.3 is 0 Å². The van der Waals surface area contributed by atoms with E-state index in [1.54, 1.807) is 0 Å². The normalized spacial score (nSPS) is 43.7. The summed E-state index contributed by atoms with van der Waals surface area (Å²) in [6, 6.07) is 0. The fraction of sp³-hybridized carbons (Fsp3) is 1.00. The van der Waals surface area contributed by atoms with E-state index in [0.29, 0.717) is 16.4 Å². The van der Waals surface area contributed by atoms with Crippen molar-refractivity contribution in [2.45, 2.75) is 74.7 Å². The molecule has 1 nitrogen and oxygen atoms in total. The minimum Gasteiger partial charge on any atom is -0.392 e. The van der Waals surface area contributed by atoms with Crippen LogP contribution in [0.3, 0.4) is 0 Å². The van der Waals surface area contributed by atoms with Gasteiger partial charge in [-0.3, -0.25) is 0 Å². The third-order valence-electron chi connectivity index (χ3n) is 4.89. The molecule has 6 atom stereocenters. The van der Waals surface area contributed by atoms with Crippen LogP contribution in [0.25, 0.3) is 0 Å². The number of thioether (sulfide) groups is 2. The van der Waals surface area contributed by atoms with Crippen molar-refractivity contribution in [3.05, 3.63) is 0 Å². The van der Waals surface area contributed by atoms with E-state index in [1.165, 1.54) is 32.1 Å². The van der Waals surface area contributed by atoms with E-state index in [9.17, 15) is 5.11 Å². The Morgan fingerprint density at radius 1 is 1.17 bits per heavy atom. The second-order valence-electron chi connectivity index (χ2n) is 6.03. The maximum Gasteiger partial charge on any atom is 0.0697 e. The van der Waals surface area contributed by atoms with Crippen LogP contribution in [0.5, 0.6) is 0 Å². The zero-order chi connectivity index (χ0) is 13.1. The lowest BCUT2D eigenvalue weighted by Crippen LogP contribution is -2.42. The molecule has 2 aliphatic rings. The summed E-state index contributed by atoms with van der Waals surface area (Å²) in [6.45, 7) is 6.93. The maximum atomic E-state index is 10.8. The van der Waals surface area contributed by atoms with Crippen LogP contribution in [0.2, 0.25) is 0 Å². The lowest BCUT2D eigenvalue weighted by Gasteiger charge is -2.41. The fourth-order valence-corrected chi connectivity index (χ4v) is 6.53. The second-order valence-corrected chi connectivity index (χ2v) is 9.06. The monoisotopic (exact) mass is 288 g/mol. The number of aliphatic hydroxyl groups excluding tert-OH is 1. The molecule has 2 fully saturated rings. The first-order valence-corrected chi connectivity index (χ1v) is 9.57. The Labute approximate surface area is 121 Å². The van der Waals surface area contributed by atoms with Gasteiger partial charge in [0, 0.05) is 21.5 Å². The van der Waals surface area contributed by atoms with Gasteiger partial charge in [-0.15, -0.1) is 0 Å². The summed E-state index contributed by atoms with van der Waals surface area (Å²) in [5.41, 5.74) is 0. The van der Waals surface area contributed by atoms with E-state index < -0.39 is 0 Å². The van der Waals surface area contributed by atoms with Crippen LogP contribution in [-0.4, -0.2) is 32.7 Å². The Morgan fingerprint density at radius 3 is 2.56 bits per heavy atom. The molecule has 1 aliphatic carbocycles. The quantitative estimate of drug-likeness (QED) is 0.841. The SMILES string of the molecule is CCC1CCCCC1C(O)C1CSC(C)C(C)S1. The number of hydrogen-bond donors (Lipinski definition) is 1. The molecule has 0 spiro atoms. The van der Waals surface area contributed by atoms with Gasteiger partial charge in [0.1, 0.15) is 0 Å². The van der Waals surface area contributed by atoms with Gasteiger partial charge in [0.25, 0.3) is 0 Å². The first-order valence-electron chi connectivity index (χ1n) is 7.58. The topological polar surface area (TPSA) is 20.2 Å². The largest absolute Gasteiger partial charge is 0.392 e. The first kappa shape index (κ1) is 15.1. The molecule has 2 rings (SSSR count). The van der Waals surface area contributed by atoms with Gasteiger partial charge in [-0.25, -0.2) is 0 Å². The molecule has 1 N–H and O–H groups in total. The maximum absolute atomic E-state index is 10.8. The van der Waals surface area contributed by atoms with E-state index in [-0.39, 0.29) is 6.10 Å². The molecule has 0 bridgehead atoms. The molecular formula is C15H28OS2. The van der Waals surface area contributed by atoms with Crippen LogP contribution in [0.4, 0.5) is 0 Å². The summed E-state index contributed by atoms with van der Waals surface area (Å²) in [5, 5.41) is 12.7. The minimum atomic E-state index is -0.0669. The van der Waals surface area contributed by atoms with Gasteiger partial charge in [-0.1, -0.05) is 46.5 Å². The van der Waals surface area contributed by atoms with Crippen molar-refractivity contribution in [3.8, 4) is 0 Å². The highest BCUT2D eigenvalue weighted by atomic mass is 32.2. The summed E-state index contributed by atoms with van der Waals surface area (Å²) >= 11 is 4.09. The van der Waals surface area contributed by atoms with Gasteiger partial charge in [-0.05, 0) is 18.3 Å². The van der Waals surface area contributed by atoms with Gasteiger partial charge in [-0.2, -0.15) is 23.5 Å². The third-order valence-corrected chi connectivity index (χ3v) is 8.39. The van der Waals surface area contributed by atoms with Crippen LogP contribution >= 0.6 is 23.5 Å². The van der Waals surface area contributed by atoms with Crippen molar-refractivity contribution in [1.82, 2.24) is 0 Å². The predicted octanol–water partition coefficient (Wildman–Crippen LogP) is 4.19. The Bertz CT molecular complexity index is 259. The number of hydrogen-bond acceptors (Lipinski definition) is 3. The standard InChI is InChI=1S/C15H28OS2/c1-4-12-7-5-6-8-13(12)15(16)14-9-17-10(2)11(3)18-14/h10-16H,4-9H2,1-3H3. The molecule has 0 aromatic heterocycles. The highest BCUT2D eigenvalue weighted by Gasteiger charge is 2.37. The zero-order valence-electron chi connectivity index (χ0n) is 12.0. The van der Waals surface area contributed by atoms with Crippen LogP contribution in [0.15, 0.2) is 0 Å². The molecule has 1 heterocycles. The molecule has 1 aliphatic heterocycles. The Kier molecular flexibility index (Phi) is 5.77. The van der Waals surface area contributed by atoms with E-state index in [1.807, 2.05) is 11.8 Å². The molecular weight excluding hydrogens is 260 g/mol. The van der Waals surface area contributed by atoms with Crippen LogP contribution in [0, 0.1) is 11.8 Å². The molecule has 3 heteroatoms. The van der Waals surface area contributed by atoms with Crippen molar-refractivity contribution < 1.29 is 5.11 Å². The second kappa shape index (κ2) is 6.90. The average Bonchev–Trinajstić information content (AvgIpc) is 2.41. The summed E-state index contributed by atoms with van der Waals surface area (Å²) in [7, 11) is 0. The third kappa shape index (κ3) is 3.40. The molecule has 0 aromatic rings. The molecule has 0 aromatic carbocycles. The summed E-state index contributed by atoms with van der Waals surface area (Å²) in [4.78, 5) is 0. The van der Waals surface area contributed by atoms with Gasteiger partial charge in [0.15, 0.2) is 0 Å². The first-order chi connectivity index (χ1) is 8.63. The van der Waals surface area contributed by atoms with Gasteiger partial charge in [0.05, 0.1) is 6.10 Å². The number of aliphatic hydroxyl groups is 1. The minimum absolute atomic E-state index is 0.0669. The summed E-state index contributed by atoms with van der Waals surface area (Å²) in [6.07, 6.45) is 6.48. The van der Waals surface area contributed by atoms with Crippen LogP contribution in [0.1, 0.15) is 52.9 Å². The lowest BCUT2D eigenvalue weighted by molar-refractivity contribution is 0.0480. The van der Waals surface area contributed by atoms with Crippen molar-refractivity contribution in [2.75, 3.05) is 5.75 Å². The highest BCUT2D eigenvalue weighted by Crippen LogP contribution is 2.42. The van der Waals surface area contributed by atoms with Crippen molar-refractivity contribution >= 4 is 23.5 Å². The van der Waals surface area contributed by atoms with Gasteiger partial charge in [0.2, 0.25) is 0 Å². The Hall–Kier alpha value is 0.660. The Morgan fingerprint density at radius 2 is 1.89 bits per heavy atom. The van der Waals surface area contributed by atoms with E-state index >= 15 is 0 Å². The molecule has 0 amide bonds. The molecule has 18 heavy (non-hydrogen) atoms. The smallest absolute Gasteiger partial charge is 0.0697 e. The zero-order valence-corrected chi connectivity index (χ0v) is 13.6. The van der Waals surface area contributed by atoms with E-state index in [0.717, 1.165) is 16.9 Å². The summed E-state index contributed by atoms with van der Waals surface area (Å²) in [5.74, 6) is 2.49. The Balaban J connectivity index is 1.95. The molecule has 106 valence electrons. The number of rotatable bonds is 3. The average molecular weight is 289 g/mol. The van der Waals surface area contributed by atoms with Crippen molar-refractivity contribution in [1.29, 1.82) is 0 Å². The fourth-order valence-electron chi connectivity index (χ4n) is 3.46. The van der Waals surface area contributed by atoms with Crippen molar-refractivity contribution in [2.24, 2.45) is 11.8 Å². The van der Waals surface area contributed by atoms with E-state index in [2.05, 4.69) is 32.5 Å². The molecule has 0 radical (unpaired) electrons.